The number of fused-ring (bicyclic) bond motifs is 1. The second kappa shape index (κ2) is 7.51. The summed E-state index contributed by atoms with van der Waals surface area (Å²) in [7, 11) is 0. The number of thioether (sulfide) groups is 1. The third-order valence-electron chi connectivity index (χ3n) is 4.47. The summed E-state index contributed by atoms with van der Waals surface area (Å²) in [6.07, 6.45) is 1.56. The largest absolute Gasteiger partial charge is 0.463 e. The SMILES string of the molecule is Cc1oc(-c2ccc(Cl)cc2)nc1CSc1n[nH]c(=O)c2cc(-c3ccco3)nn12. The Kier molecular flexibility index (Phi) is 4.68. The van der Waals surface area contributed by atoms with E-state index in [1.807, 2.05) is 19.1 Å². The first-order valence-electron chi connectivity index (χ1n) is 8.96. The topological polar surface area (TPSA) is 102 Å². The smallest absolute Gasteiger partial charge is 0.290 e. The molecular weight excluding hydrogens is 426 g/mol. The van der Waals surface area contributed by atoms with E-state index in [9.17, 15) is 4.79 Å². The summed E-state index contributed by atoms with van der Waals surface area (Å²) in [6.45, 7) is 1.86. The lowest BCUT2D eigenvalue weighted by Gasteiger charge is -2.01. The maximum absolute atomic E-state index is 12.2. The molecule has 0 fully saturated rings. The Hall–Kier alpha value is -3.30. The third-order valence-corrected chi connectivity index (χ3v) is 5.66. The average Bonchev–Trinajstić information content (AvgIpc) is 3.48. The predicted octanol–water partition coefficient (Wildman–Crippen LogP) is 4.59. The van der Waals surface area contributed by atoms with Crippen molar-refractivity contribution < 1.29 is 8.83 Å². The van der Waals surface area contributed by atoms with E-state index in [4.69, 9.17) is 20.4 Å². The molecule has 0 saturated carbocycles. The number of nitrogens with one attached hydrogen (secondary N) is 1. The molecule has 0 atom stereocenters. The monoisotopic (exact) mass is 439 g/mol. The Bertz CT molecular complexity index is 1390. The van der Waals surface area contributed by atoms with E-state index in [0.29, 0.717) is 44.6 Å². The molecule has 1 aromatic carbocycles. The summed E-state index contributed by atoms with van der Waals surface area (Å²) < 4.78 is 12.7. The van der Waals surface area contributed by atoms with Crippen LogP contribution in [-0.2, 0) is 5.75 Å². The van der Waals surface area contributed by atoms with Gasteiger partial charge in [-0.15, -0.1) is 5.10 Å². The molecule has 1 N–H and O–H groups in total. The molecule has 10 heteroatoms. The summed E-state index contributed by atoms with van der Waals surface area (Å²) in [6, 6.07) is 12.5. The first-order chi connectivity index (χ1) is 14.6. The maximum Gasteiger partial charge on any atom is 0.290 e. The van der Waals surface area contributed by atoms with Crippen molar-refractivity contribution in [3.63, 3.8) is 0 Å². The molecule has 150 valence electrons. The number of benzene rings is 1. The van der Waals surface area contributed by atoms with E-state index in [1.165, 1.54) is 16.3 Å². The highest BCUT2D eigenvalue weighted by Gasteiger charge is 2.16. The van der Waals surface area contributed by atoms with Gasteiger partial charge >= 0.3 is 0 Å². The van der Waals surface area contributed by atoms with E-state index >= 15 is 0 Å². The number of aromatic nitrogens is 5. The van der Waals surface area contributed by atoms with E-state index in [2.05, 4.69) is 20.3 Å². The quantitative estimate of drug-likeness (QED) is 0.399. The van der Waals surface area contributed by atoms with Crippen LogP contribution in [0.2, 0.25) is 5.02 Å². The zero-order valence-electron chi connectivity index (χ0n) is 15.6. The van der Waals surface area contributed by atoms with Crippen molar-refractivity contribution >= 4 is 28.9 Å². The number of furan rings is 1. The molecule has 4 aromatic heterocycles. The Balaban J connectivity index is 1.43. The van der Waals surface area contributed by atoms with Crippen LogP contribution < -0.4 is 5.56 Å². The normalized spacial score (nSPS) is 11.4. The summed E-state index contributed by atoms with van der Waals surface area (Å²) >= 11 is 7.34. The number of nitrogens with zero attached hydrogens (tertiary/aromatic N) is 4. The van der Waals surface area contributed by atoms with Crippen LogP contribution in [0.15, 0.2) is 67.5 Å². The Morgan fingerprint density at radius 1 is 1.23 bits per heavy atom. The number of halogens is 1. The van der Waals surface area contributed by atoms with Gasteiger partial charge in [-0.05, 0) is 43.3 Å². The van der Waals surface area contributed by atoms with Gasteiger partial charge in [-0.2, -0.15) is 5.10 Å². The van der Waals surface area contributed by atoms with Gasteiger partial charge in [-0.25, -0.2) is 14.6 Å². The fourth-order valence-electron chi connectivity index (χ4n) is 2.94. The van der Waals surface area contributed by atoms with Gasteiger partial charge in [0.05, 0.1) is 12.0 Å². The van der Waals surface area contributed by atoms with Crippen molar-refractivity contribution in [3.05, 3.63) is 75.6 Å². The summed E-state index contributed by atoms with van der Waals surface area (Å²) in [5.41, 5.74) is 2.25. The Morgan fingerprint density at radius 2 is 2.07 bits per heavy atom. The summed E-state index contributed by atoms with van der Waals surface area (Å²) in [4.78, 5) is 16.8. The van der Waals surface area contributed by atoms with Crippen LogP contribution in [0.5, 0.6) is 0 Å². The third kappa shape index (κ3) is 3.42. The molecule has 5 rings (SSSR count). The van der Waals surface area contributed by atoms with Crippen LogP contribution in [0.4, 0.5) is 0 Å². The molecule has 0 saturated heterocycles. The van der Waals surface area contributed by atoms with Gasteiger partial charge in [0.25, 0.3) is 5.56 Å². The zero-order chi connectivity index (χ0) is 20.7. The molecule has 5 aromatic rings. The first-order valence-corrected chi connectivity index (χ1v) is 10.3. The number of H-pyrrole nitrogens is 1. The lowest BCUT2D eigenvalue weighted by atomic mass is 10.2. The van der Waals surface area contributed by atoms with Crippen molar-refractivity contribution in [1.82, 2.24) is 24.8 Å². The van der Waals surface area contributed by atoms with Gasteiger partial charge in [0, 0.05) is 22.4 Å². The average molecular weight is 440 g/mol. The molecule has 0 bridgehead atoms. The molecule has 0 aliphatic carbocycles. The van der Waals surface area contributed by atoms with Crippen molar-refractivity contribution in [3.8, 4) is 22.9 Å². The van der Waals surface area contributed by atoms with Gasteiger partial charge in [-0.3, -0.25) is 4.79 Å². The van der Waals surface area contributed by atoms with Crippen LogP contribution in [0.3, 0.4) is 0 Å². The number of aryl methyl sites for hydroxylation is 1. The molecule has 0 spiro atoms. The van der Waals surface area contributed by atoms with E-state index < -0.39 is 0 Å². The van der Waals surface area contributed by atoms with Crippen molar-refractivity contribution in [2.75, 3.05) is 0 Å². The van der Waals surface area contributed by atoms with Crippen LogP contribution in [-0.4, -0.2) is 24.8 Å². The molecule has 30 heavy (non-hydrogen) atoms. The van der Waals surface area contributed by atoms with E-state index in [-0.39, 0.29) is 5.56 Å². The predicted molar refractivity (Wildman–Crippen MR) is 113 cm³/mol. The van der Waals surface area contributed by atoms with Crippen LogP contribution in [0.25, 0.3) is 28.4 Å². The summed E-state index contributed by atoms with van der Waals surface area (Å²) in [5, 5.41) is 12.3. The Morgan fingerprint density at radius 3 is 2.83 bits per heavy atom. The van der Waals surface area contributed by atoms with Gasteiger partial charge in [0.1, 0.15) is 17.0 Å². The lowest BCUT2D eigenvalue weighted by Crippen LogP contribution is -2.13. The number of oxazole rings is 1. The van der Waals surface area contributed by atoms with Crippen LogP contribution >= 0.6 is 23.4 Å². The highest BCUT2D eigenvalue weighted by molar-refractivity contribution is 7.98. The highest BCUT2D eigenvalue weighted by Crippen LogP contribution is 2.28. The molecule has 4 heterocycles. The van der Waals surface area contributed by atoms with E-state index in [1.54, 1.807) is 36.6 Å². The van der Waals surface area contributed by atoms with Crippen LogP contribution in [0.1, 0.15) is 11.5 Å². The minimum atomic E-state index is -0.327. The van der Waals surface area contributed by atoms with Gasteiger partial charge < -0.3 is 8.83 Å². The number of rotatable bonds is 5. The van der Waals surface area contributed by atoms with Crippen LogP contribution in [0, 0.1) is 6.92 Å². The molecule has 0 unspecified atom stereocenters. The molecular formula is C20H14ClN5O3S. The fourth-order valence-corrected chi connectivity index (χ4v) is 3.97. The molecule has 8 nitrogen and oxygen atoms in total. The fraction of sp³-hybridized carbons (Fsp3) is 0.100. The minimum Gasteiger partial charge on any atom is -0.463 e. The molecule has 0 radical (unpaired) electrons. The molecule has 0 aliphatic rings. The molecule has 0 aliphatic heterocycles. The minimum absolute atomic E-state index is 0.327. The van der Waals surface area contributed by atoms with Gasteiger partial charge in [0.2, 0.25) is 11.0 Å². The van der Waals surface area contributed by atoms with E-state index in [0.717, 1.165) is 11.3 Å². The van der Waals surface area contributed by atoms with Crippen molar-refractivity contribution in [1.29, 1.82) is 0 Å². The molecule has 0 amide bonds. The van der Waals surface area contributed by atoms with Gasteiger partial charge in [0.15, 0.2) is 5.76 Å². The zero-order valence-corrected chi connectivity index (χ0v) is 17.2. The number of aromatic amines is 1. The maximum atomic E-state index is 12.2. The Labute approximate surface area is 178 Å². The number of hydrogen-bond acceptors (Lipinski definition) is 7. The van der Waals surface area contributed by atoms with Crippen molar-refractivity contribution in [2.45, 2.75) is 17.8 Å². The highest BCUT2D eigenvalue weighted by atomic mass is 35.5. The van der Waals surface area contributed by atoms with Crippen molar-refractivity contribution in [2.24, 2.45) is 0 Å². The lowest BCUT2D eigenvalue weighted by molar-refractivity contribution is 0.540. The second-order valence-corrected chi connectivity index (χ2v) is 7.84. The first kappa shape index (κ1) is 18.7. The second-order valence-electron chi connectivity index (χ2n) is 6.46. The standard InChI is InChI=1S/C20H14ClN5O3S/c1-11-15(22-19(29-11)12-4-6-13(21)7-5-12)10-30-20-24-23-18(27)16-9-14(25-26(16)20)17-3-2-8-28-17/h2-9H,10H2,1H3,(H,23,27). The summed E-state index contributed by atoms with van der Waals surface area (Å²) in [5.74, 6) is 2.31. The number of hydrogen-bond donors (Lipinski definition) is 1. The van der Waals surface area contributed by atoms with Gasteiger partial charge in [-0.1, -0.05) is 23.4 Å².